The van der Waals surface area contributed by atoms with Crippen LogP contribution in [0.1, 0.15) is 36.7 Å². The number of carbonyl (C=O) groups excluding carboxylic acids is 3. The molecular weight excluding hydrogens is 404 g/mol. The molecule has 9 heteroatoms. The molecule has 170 valence electrons. The number of benzene rings is 1. The highest BCUT2D eigenvalue weighted by Crippen LogP contribution is 2.27. The molecular formula is C22H30N2O7. The summed E-state index contributed by atoms with van der Waals surface area (Å²) in [6.07, 6.45) is -3.12. The fourth-order valence-electron chi connectivity index (χ4n) is 3.54. The Morgan fingerprint density at radius 2 is 1.84 bits per heavy atom. The van der Waals surface area contributed by atoms with E-state index in [1.54, 1.807) is 43.9 Å². The van der Waals surface area contributed by atoms with Crippen molar-refractivity contribution in [3.05, 3.63) is 29.3 Å². The molecule has 1 N–H and O–H groups in total. The highest BCUT2D eigenvalue weighted by molar-refractivity contribution is 6.02. The summed E-state index contributed by atoms with van der Waals surface area (Å²) in [5.74, 6) is -1.60. The van der Waals surface area contributed by atoms with Crippen molar-refractivity contribution in [2.45, 2.75) is 45.5 Å². The van der Waals surface area contributed by atoms with Crippen LogP contribution in [0.5, 0.6) is 0 Å². The number of nitrogens with zero attached hydrogens (tertiary/aromatic N) is 2. The number of esters is 1. The summed E-state index contributed by atoms with van der Waals surface area (Å²) in [5, 5.41) is 10.4. The molecule has 2 amide bonds. The molecule has 2 aliphatic rings. The molecule has 2 aliphatic heterocycles. The Morgan fingerprint density at radius 1 is 1.16 bits per heavy atom. The predicted molar refractivity (Wildman–Crippen MR) is 112 cm³/mol. The van der Waals surface area contributed by atoms with Crippen molar-refractivity contribution in [2.24, 2.45) is 0 Å². The highest BCUT2D eigenvalue weighted by atomic mass is 16.6. The van der Waals surface area contributed by atoms with Crippen LogP contribution in [-0.2, 0) is 23.8 Å². The minimum absolute atomic E-state index is 0.129. The van der Waals surface area contributed by atoms with E-state index in [1.165, 1.54) is 4.90 Å². The standard InChI is InChI=1S/C22H30N2O7/c1-14-5-6-15(19(26)23-7-10-29-11-8-23)13-16(14)24-9-12-30-18(20(24)27)17(25)21(28)31-22(2,3)4/h5-6,13,17-18,25H,7-12H2,1-4H3. The van der Waals surface area contributed by atoms with Crippen LogP contribution in [0.4, 0.5) is 5.69 Å². The summed E-state index contributed by atoms with van der Waals surface area (Å²) >= 11 is 0. The first-order valence-corrected chi connectivity index (χ1v) is 10.4. The Bertz CT molecular complexity index is 843. The van der Waals surface area contributed by atoms with Gasteiger partial charge >= 0.3 is 5.97 Å². The summed E-state index contributed by atoms with van der Waals surface area (Å²) in [6.45, 7) is 9.26. The molecule has 9 nitrogen and oxygen atoms in total. The van der Waals surface area contributed by atoms with Gasteiger partial charge in [0.1, 0.15) is 5.60 Å². The maximum atomic E-state index is 13.1. The second-order valence-electron chi connectivity index (χ2n) is 8.67. The fraction of sp³-hybridized carbons (Fsp3) is 0.591. The SMILES string of the molecule is Cc1ccc(C(=O)N2CCOCC2)cc1N1CCOC(C(O)C(=O)OC(C)(C)C)C1=O. The molecule has 0 spiro atoms. The third-order valence-electron chi connectivity index (χ3n) is 5.10. The van der Waals surface area contributed by atoms with Crippen LogP contribution in [0, 0.1) is 6.92 Å². The Balaban J connectivity index is 1.80. The van der Waals surface area contributed by atoms with E-state index in [1.807, 2.05) is 6.92 Å². The molecule has 2 heterocycles. The number of morpholine rings is 2. The van der Waals surface area contributed by atoms with Crippen molar-refractivity contribution in [3.63, 3.8) is 0 Å². The van der Waals surface area contributed by atoms with Crippen LogP contribution >= 0.6 is 0 Å². The lowest BCUT2D eigenvalue weighted by Gasteiger charge is -2.35. The van der Waals surface area contributed by atoms with Gasteiger partial charge in [0.15, 0.2) is 12.2 Å². The van der Waals surface area contributed by atoms with Gasteiger partial charge in [-0.15, -0.1) is 0 Å². The second kappa shape index (κ2) is 9.33. The number of carbonyl (C=O) groups is 3. The van der Waals surface area contributed by atoms with E-state index in [4.69, 9.17) is 14.2 Å². The molecule has 0 bridgehead atoms. The number of ether oxygens (including phenoxy) is 3. The quantitative estimate of drug-likeness (QED) is 0.702. The summed E-state index contributed by atoms with van der Waals surface area (Å²) < 4.78 is 15.9. The van der Waals surface area contributed by atoms with Crippen LogP contribution in [0.3, 0.4) is 0 Å². The lowest BCUT2D eigenvalue weighted by atomic mass is 10.0. The van der Waals surface area contributed by atoms with Crippen molar-refractivity contribution < 1.29 is 33.7 Å². The molecule has 2 saturated heterocycles. The Morgan fingerprint density at radius 3 is 2.48 bits per heavy atom. The minimum atomic E-state index is -1.74. The number of amides is 2. The molecule has 2 fully saturated rings. The van der Waals surface area contributed by atoms with Crippen molar-refractivity contribution in [1.29, 1.82) is 0 Å². The van der Waals surface area contributed by atoms with Gasteiger partial charge in [0.2, 0.25) is 0 Å². The fourth-order valence-corrected chi connectivity index (χ4v) is 3.54. The lowest BCUT2D eigenvalue weighted by molar-refractivity contribution is -0.177. The first-order chi connectivity index (χ1) is 14.6. The third-order valence-corrected chi connectivity index (χ3v) is 5.10. The van der Waals surface area contributed by atoms with Crippen LogP contribution in [0.15, 0.2) is 18.2 Å². The summed E-state index contributed by atoms with van der Waals surface area (Å²) in [4.78, 5) is 41.4. The van der Waals surface area contributed by atoms with E-state index in [9.17, 15) is 19.5 Å². The van der Waals surface area contributed by atoms with Gasteiger partial charge in [-0.2, -0.15) is 0 Å². The molecule has 31 heavy (non-hydrogen) atoms. The van der Waals surface area contributed by atoms with Crippen LogP contribution in [-0.4, -0.2) is 85.1 Å². The normalized spacial score (nSPS) is 21.1. The maximum absolute atomic E-state index is 13.1. The van der Waals surface area contributed by atoms with Crippen LogP contribution in [0.2, 0.25) is 0 Å². The van der Waals surface area contributed by atoms with E-state index in [2.05, 4.69) is 0 Å². The number of anilines is 1. The zero-order chi connectivity index (χ0) is 22.8. The maximum Gasteiger partial charge on any atom is 0.338 e. The number of aliphatic hydroxyl groups is 1. The van der Waals surface area contributed by atoms with Crippen LogP contribution in [0.25, 0.3) is 0 Å². The minimum Gasteiger partial charge on any atom is -0.458 e. The third kappa shape index (κ3) is 5.41. The average Bonchev–Trinajstić information content (AvgIpc) is 2.73. The largest absolute Gasteiger partial charge is 0.458 e. The van der Waals surface area contributed by atoms with E-state index in [0.29, 0.717) is 37.6 Å². The van der Waals surface area contributed by atoms with Crippen LogP contribution < -0.4 is 4.90 Å². The van der Waals surface area contributed by atoms with Crippen molar-refractivity contribution in [2.75, 3.05) is 44.4 Å². The summed E-state index contributed by atoms with van der Waals surface area (Å²) in [6, 6.07) is 5.19. The zero-order valence-corrected chi connectivity index (χ0v) is 18.4. The number of rotatable bonds is 4. The van der Waals surface area contributed by atoms with Gasteiger partial charge in [-0.1, -0.05) is 6.07 Å². The lowest BCUT2D eigenvalue weighted by Crippen LogP contribution is -2.55. The molecule has 0 aromatic heterocycles. The summed E-state index contributed by atoms with van der Waals surface area (Å²) in [5.41, 5.74) is 0.999. The first kappa shape index (κ1) is 23.2. The van der Waals surface area contributed by atoms with Gasteiger partial charge in [-0.3, -0.25) is 9.59 Å². The van der Waals surface area contributed by atoms with Gasteiger partial charge in [0, 0.05) is 30.9 Å². The zero-order valence-electron chi connectivity index (χ0n) is 18.4. The molecule has 0 aliphatic carbocycles. The average molecular weight is 434 g/mol. The van der Waals surface area contributed by atoms with E-state index < -0.39 is 29.7 Å². The van der Waals surface area contributed by atoms with E-state index in [-0.39, 0.29) is 19.1 Å². The van der Waals surface area contributed by atoms with Gasteiger partial charge in [-0.25, -0.2) is 4.79 Å². The van der Waals surface area contributed by atoms with Gasteiger partial charge in [-0.05, 0) is 45.4 Å². The number of hydrogen-bond donors (Lipinski definition) is 1. The monoisotopic (exact) mass is 434 g/mol. The number of hydrogen-bond acceptors (Lipinski definition) is 7. The van der Waals surface area contributed by atoms with Gasteiger partial charge in [0.25, 0.3) is 11.8 Å². The van der Waals surface area contributed by atoms with Gasteiger partial charge in [0.05, 0.1) is 19.8 Å². The van der Waals surface area contributed by atoms with Crippen molar-refractivity contribution in [3.8, 4) is 0 Å². The molecule has 2 atom stereocenters. The molecule has 1 aromatic rings. The molecule has 2 unspecified atom stereocenters. The smallest absolute Gasteiger partial charge is 0.338 e. The predicted octanol–water partition coefficient (Wildman–Crippen LogP) is 0.902. The van der Waals surface area contributed by atoms with Gasteiger partial charge < -0.3 is 29.1 Å². The molecule has 0 radical (unpaired) electrons. The van der Waals surface area contributed by atoms with E-state index in [0.717, 1.165) is 5.56 Å². The van der Waals surface area contributed by atoms with Crippen molar-refractivity contribution >= 4 is 23.5 Å². The Kier molecular flexibility index (Phi) is 6.98. The second-order valence-corrected chi connectivity index (χ2v) is 8.67. The topological polar surface area (TPSA) is 106 Å². The Hall–Kier alpha value is -2.49. The molecule has 0 saturated carbocycles. The van der Waals surface area contributed by atoms with E-state index >= 15 is 0 Å². The highest BCUT2D eigenvalue weighted by Gasteiger charge is 2.41. The first-order valence-electron chi connectivity index (χ1n) is 10.4. The number of aryl methyl sites for hydroxylation is 1. The Labute approximate surface area is 181 Å². The van der Waals surface area contributed by atoms with Crippen molar-refractivity contribution in [1.82, 2.24) is 4.90 Å². The molecule has 3 rings (SSSR count). The summed E-state index contributed by atoms with van der Waals surface area (Å²) in [7, 11) is 0. The number of aliphatic hydroxyl groups excluding tert-OH is 1. The molecule has 1 aromatic carbocycles.